The second-order valence-corrected chi connectivity index (χ2v) is 7.63. The normalized spacial score (nSPS) is 20.6. The smallest absolute Gasteiger partial charge is 0.120 e. The molecular weight excluding hydrogens is 336 g/mol. The van der Waals surface area contributed by atoms with Gasteiger partial charge in [0.25, 0.3) is 0 Å². The van der Waals surface area contributed by atoms with Gasteiger partial charge in [-0.05, 0) is 43.5 Å². The number of benzene rings is 1. The lowest BCUT2D eigenvalue weighted by atomic mass is 10.1. The molecule has 1 aromatic heterocycles. The predicted octanol–water partition coefficient (Wildman–Crippen LogP) is 3.10. The summed E-state index contributed by atoms with van der Waals surface area (Å²) < 4.78 is 7.80. The Morgan fingerprint density at radius 1 is 1.11 bits per heavy atom. The van der Waals surface area contributed by atoms with Gasteiger partial charge in [0.15, 0.2) is 0 Å². The third-order valence-electron chi connectivity index (χ3n) is 5.39. The lowest BCUT2D eigenvalue weighted by molar-refractivity contribution is -0.0705. The molecule has 1 N–H and O–H groups in total. The van der Waals surface area contributed by atoms with Crippen molar-refractivity contribution in [2.24, 2.45) is 7.05 Å². The summed E-state index contributed by atoms with van der Waals surface area (Å²) in [4.78, 5) is 2.48. The Morgan fingerprint density at radius 2 is 1.74 bits per heavy atom. The van der Waals surface area contributed by atoms with Crippen LogP contribution in [-0.4, -0.2) is 34.8 Å². The topological polar surface area (TPSA) is 53.2 Å². The van der Waals surface area contributed by atoms with E-state index in [1.807, 2.05) is 17.7 Å². The molecule has 1 aliphatic heterocycles. The van der Waals surface area contributed by atoms with Crippen LogP contribution in [-0.2, 0) is 31.4 Å². The molecule has 27 heavy (non-hydrogen) atoms. The van der Waals surface area contributed by atoms with Crippen molar-refractivity contribution in [2.45, 2.75) is 52.6 Å². The van der Waals surface area contributed by atoms with Crippen LogP contribution in [0.3, 0.4) is 0 Å². The molecule has 1 aliphatic rings. The molecule has 0 spiro atoms. The van der Waals surface area contributed by atoms with E-state index in [-0.39, 0.29) is 12.2 Å². The van der Waals surface area contributed by atoms with Crippen LogP contribution in [0.25, 0.3) is 0 Å². The number of aromatic nitrogens is 1. The van der Waals surface area contributed by atoms with E-state index in [2.05, 4.69) is 61.3 Å². The Bertz CT molecular complexity index is 810. The molecule has 144 valence electrons. The first-order valence-electron chi connectivity index (χ1n) is 9.68. The Labute approximate surface area is 162 Å². The number of ether oxygens (including phenoxy) is 1. The molecule has 5 heteroatoms. The fourth-order valence-corrected chi connectivity index (χ4v) is 3.92. The van der Waals surface area contributed by atoms with E-state index in [0.717, 1.165) is 38.4 Å². The van der Waals surface area contributed by atoms with Crippen molar-refractivity contribution in [3.05, 3.63) is 58.4 Å². The van der Waals surface area contributed by atoms with Gasteiger partial charge < -0.3 is 14.6 Å². The van der Waals surface area contributed by atoms with Gasteiger partial charge in [-0.2, -0.15) is 5.26 Å². The number of nitrogens with one attached hydrogen (secondary N) is 1. The Morgan fingerprint density at radius 3 is 2.37 bits per heavy atom. The summed E-state index contributed by atoms with van der Waals surface area (Å²) in [6.45, 7) is 10.9. The molecular formula is C22H30N4O. The Balaban J connectivity index is 1.62. The highest BCUT2D eigenvalue weighted by Crippen LogP contribution is 2.18. The number of hydrogen-bond donors (Lipinski definition) is 1. The number of morpholine rings is 1. The zero-order valence-corrected chi connectivity index (χ0v) is 16.8. The van der Waals surface area contributed by atoms with Gasteiger partial charge >= 0.3 is 0 Å². The lowest BCUT2D eigenvalue weighted by Gasteiger charge is -2.35. The van der Waals surface area contributed by atoms with E-state index in [9.17, 15) is 5.26 Å². The average Bonchev–Trinajstić information content (AvgIpc) is 2.90. The van der Waals surface area contributed by atoms with Gasteiger partial charge in [-0.1, -0.05) is 24.3 Å². The van der Waals surface area contributed by atoms with Crippen molar-refractivity contribution in [1.29, 1.82) is 5.26 Å². The van der Waals surface area contributed by atoms with E-state index in [4.69, 9.17) is 4.74 Å². The van der Waals surface area contributed by atoms with Crippen molar-refractivity contribution < 1.29 is 4.74 Å². The third-order valence-corrected chi connectivity index (χ3v) is 5.39. The van der Waals surface area contributed by atoms with E-state index in [1.54, 1.807) is 0 Å². The molecule has 2 heterocycles. The molecule has 0 bridgehead atoms. The highest BCUT2D eigenvalue weighted by atomic mass is 16.5. The molecule has 0 amide bonds. The van der Waals surface area contributed by atoms with Crippen LogP contribution >= 0.6 is 0 Å². The molecule has 1 aromatic carbocycles. The SMILES string of the molecule is Cc1c(CNCc2ccccc2CN2C[C@@H](C)O[C@H](C)C2)cc(C#N)n1C. The summed E-state index contributed by atoms with van der Waals surface area (Å²) in [6.07, 6.45) is 0.573. The Kier molecular flexibility index (Phi) is 6.33. The molecule has 1 saturated heterocycles. The minimum Gasteiger partial charge on any atom is -0.373 e. The van der Waals surface area contributed by atoms with Crippen LogP contribution in [0.2, 0.25) is 0 Å². The minimum absolute atomic E-state index is 0.287. The van der Waals surface area contributed by atoms with Crippen LogP contribution < -0.4 is 5.32 Å². The van der Waals surface area contributed by atoms with Gasteiger partial charge in [0.05, 0.1) is 12.2 Å². The van der Waals surface area contributed by atoms with Gasteiger partial charge in [-0.3, -0.25) is 4.90 Å². The molecule has 3 rings (SSSR count). The summed E-state index contributed by atoms with van der Waals surface area (Å²) in [7, 11) is 1.94. The van der Waals surface area contributed by atoms with Crippen molar-refractivity contribution in [3.8, 4) is 6.07 Å². The molecule has 0 aliphatic carbocycles. The quantitative estimate of drug-likeness (QED) is 0.853. The van der Waals surface area contributed by atoms with Gasteiger partial charge in [0.1, 0.15) is 11.8 Å². The van der Waals surface area contributed by atoms with Crippen LogP contribution in [0.1, 0.15) is 41.9 Å². The van der Waals surface area contributed by atoms with Crippen molar-refractivity contribution in [1.82, 2.24) is 14.8 Å². The standard InChI is InChI=1S/C22H30N4O/c1-16-13-26(14-17(2)27-16)15-20-8-6-5-7-19(20)11-24-12-21-9-22(10-23)25(4)18(21)3/h5-9,16-17,24H,11-15H2,1-4H3/t16-,17-/m1/s1. The highest BCUT2D eigenvalue weighted by molar-refractivity contribution is 5.34. The third kappa shape index (κ3) is 4.78. The number of nitriles is 1. The van der Waals surface area contributed by atoms with Crippen LogP contribution in [0.4, 0.5) is 0 Å². The molecule has 1 fully saturated rings. The summed E-state index contributed by atoms with van der Waals surface area (Å²) in [6, 6.07) is 12.9. The van der Waals surface area contributed by atoms with Crippen molar-refractivity contribution >= 4 is 0 Å². The fraction of sp³-hybridized carbons (Fsp3) is 0.500. The monoisotopic (exact) mass is 366 g/mol. The average molecular weight is 367 g/mol. The van der Waals surface area contributed by atoms with Crippen LogP contribution in [0, 0.1) is 18.3 Å². The van der Waals surface area contributed by atoms with Crippen molar-refractivity contribution in [2.75, 3.05) is 13.1 Å². The van der Waals surface area contributed by atoms with Gasteiger partial charge in [0.2, 0.25) is 0 Å². The largest absolute Gasteiger partial charge is 0.373 e. The van der Waals surface area contributed by atoms with Crippen molar-refractivity contribution in [3.63, 3.8) is 0 Å². The molecule has 0 unspecified atom stereocenters. The van der Waals surface area contributed by atoms with Gasteiger partial charge in [0, 0.05) is 45.5 Å². The highest BCUT2D eigenvalue weighted by Gasteiger charge is 2.22. The van der Waals surface area contributed by atoms with E-state index >= 15 is 0 Å². The maximum Gasteiger partial charge on any atom is 0.120 e. The lowest BCUT2D eigenvalue weighted by Crippen LogP contribution is -2.45. The zero-order valence-electron chi connectivity index (χ0n) is 16.8. The molecule has 2 aromatic rings. The number of rotatable bonds is 6. The number of hydrogen-bond acceptors (Lipinski definition) is 4. The molecule has 2 atom stereocenters. The van der Waals surface area contributed by atoms with E-state index < -0.39 is 0 Å². The molecule has 5 nitrogen and oxygen atoms in total. The first kappa shape index (κ1) is 19.6. The van der Waals surface area contributed by atoms with E-state index in [1.165, 1.54) is 16.7 Å². The molecule has 0 saturated carbocycles. The Hall–Kier alpha value is -2.13. The van der Waals surface area contributed by atoms with Crippen LogP contribution in [0.5, 0.6) is 0 Å². The van der Waals surface area contributed by atoms with Gasteiger partial charge in [-0.15, -0.1) is 0 Å². The second-order valence-electron chi connectivity index (χ2n) is 7.63. The first-order chi connectivity index (χ1) is 13.0. The summed E-state index contributed by atoms with van der Waals surface area (Å²) >= 11 is 0. The van der Waals surface area contributed by atoms with Gasteiger partial charge in [-0.25, -0.2) is 0 Å². The number of nitrogens with zero attached hydrogens (tertiary/aromatic N) is 3. The second kappa shape index (κ2) is 8.71. The summed E-state index contributed by atoms with van der Waals surface area (Å²) in [5.41, 5.74) is 5.73. The zero-order chi connectivity index (χ0) is 19.4. The summed E-state index contributed by atoms with van der Waals surface area (Å²) in [5.74, 6) is 0. The minimum atomic E-state index is 0.287. The fourth-order valence-electron chi connectivity index (χ4n) is 3.92. The molecule has 0 radical (unpaired) electrons. The predicted molar refractivity (Wildman–Crippen MR) is 107 cm³/mol. The van der Waals surface area contributed by atoms with E-state index in [0.29, 0.717) is 5.69 Å². The maximum absolute atomic E-state index is 9.18. The first-order valence-corrected chi connectivity index (χ1v) is 9.68. The maximum atomic E-state index is 9.18. The van der Waals surface area contributed by atoms with Crippen LogP contribution in [0.15, 0.2) is 30.3 Å². The summed E-state index contributed by atoms with van der Waals surface area (Å²) in [5, 5.41) is 12.7.